The minimum atomic E-state index is -0.185. The van der Waals surface area contributed by atoms with Crippen molar-refractivity contribution in [3.8, 4) is 5.75 Å². The van der Waals surface area contributed by atoms with Crippen molar-refractivity contribution in [1.82, 2.24) is 0 Å². The molecule has 3 N–H and O–H groups in total. The second-order valence-corrected chi connectivity index (χ2v) is 6.93. The molecule has 2 aromatic rings. The van der Waals surface area contributed by atoms with Crippen molar-refractivity contribution in [3.63, 3.8) is 0 Å². The molecule has 28 heavy (non-hydrogen) atoms. The summed E-state index contributed by atoms with van der Waals surface area (Å²) in [4.78, 5) is 24.3. The molecule has 0 aliphatic carbocycles. The maximum absolute atomic E-state index is 12.3. The molecule has 5 nitrogen and oxygen atoms in total. The van der Waals surface area contributed by atoms with Crippen molar-refractivity contribution in [2.24, 2.45) is 11.7 Å². The summed E-state index contributed by atoms with van der Waals surface area (Å²) in [7, 11) is 0. The zero-order valence-electron chi connectivity index (χ0n) is 16.4. The molecule has 1 amide bonds. The number of Topliss-reactive ketones (excluding diaryl/α,β-unsaturated/α-hetero) is 1. The van der Waals surface area contributed by atoms with Crippen LogP contribution in [0.4, 0.5) is 5.69 Å². The summed E-state index contributed by atoms with van der Waals surface area (Å²) in [6.07, 6.45) is 1.33. The lowest BCUT2D eigenvalue weighted by molar-refractivity contribution is -0.116. The number of nitrogens with two attached hydrogens (primary N) is 1. The molecule has 0 unspecified atom stereocenters. The molecule has 0 heterocycles. The van der Waals surface area contributed by atoms with Gasteiger partial charge in [0.15, 0.2) is 5.78 Å². The molecule has 0 spiro atoms. The van der Waals surface area contributed by atoms with E-state index in [1.807, 2.05) is 24.3 Å². The van der Waals surface area contributed by atoms with Crippen molar-refractivity contribution in [1.29, 1.82) is 0 Å². The van der Waals surface area contributed by atoms with Crippen LogP contribution in [0.3, 0.4) is 0 Å². The van der Waals surface area contributed by atoms with Gasteiger partial charge in [0.25, 0.3) is 0 Å². The molecular weight excluding hydrogens is 376 g/mol. The molecule has 2 aromatic carbocycles. The summed E-state index contributed by atoms with van der Waals surface area (Å²) in [5, 5.41) is 2.79. The smallest absolute Gasteiger partial charge is 0.224 e. The molecule has 0 bridgehead atoms. The highest BCUT2D eigenvalue weighted by atomic mass is 35.5. The van der Waals surface area contributed by atoms with Crippen molar-refractivity contribution < 1.29 is 14.3 Å². The first-order valence-corrected chi connectivity index (χ1v) is 9.33. The van der Waals surface area contributed by atoms with Gasteiger partial charge in [-0.15, -0.1) is 12.4 Å². The van der Waals surface area contributed by atoms with Crippen molar-refractivity contribution in [3.05, 3.63) is 59.7 Å². The summed E-state index contributed by atoms with van der Waals surface area (Å²) >= 11 is 0. The first-order valence-electron chi connectivity index (χ1n) is 9.33. The van der Waals surface area contributed by atoms with E-state index in [1.165, 1.54) is 5.56 Å². The third kappa shape index (κ3) is 8.11. The van der Waals surface area contributed by atoms with E-state index in [1.54, 1.807) is 24.3 Å². The van der Waals surface area contributed by atoms with Crippen LogP contribution in [0.5, 0.6) is 5.75 Å². The van der Waals surface area contributed by atoms with Gasteiger partial charge in [0.05, 0.1) is 0 Å². The molecule has 0 aromatic heterocycles. The number of benzene rings is 2. The van der Waals surface area contributed by atoms with Crippen LogP contribution in [0.25, 0.3) is 0 Å². The second kappa shape index (κ2) is 12.2. The topological polar surface area (TPSA) is 81.4 Å². The summed E-state index contributed by atoms with van der Waals surface area (Å²) in [6, 6.07) is 14.7. The van der Waals surface area contributed by atoms with Crippen LogP contribution < -0.4 is 15.8 Å². The monoisotopic (exact) mass is 404 g/mol. The molecule has 0 aliphatic rings. The fraction of sp³-hybridized carbons (Fsp3) is 0.364. The highest BCUT2D eigenvalue weighted by molar-refractivity contribution is 6.00. The Morgan fingerprint density at radius 3 is 2.21 bits per heavy atom. The Labute approximate surface area is 173 Å². The third-order valence-electron chi connectivity index (χ3n) is 4.02. The maximum atomic E-state index is 12.3. The van der Waals surface area contributed by atoms with Gasteiger partial charge in [0.2, 0.25) is 5.91 Å². The van der Waals surface area contributed by atoms with E-state index in [4.69, 9.17) is 10.5 Å². The van der Waals surface area contributed by atoms with E-state index in [0.717, 1.165) is 6.42 Å². The number of ketones is 1. The van der Waals surface area contributed by atoms with E-state index in [-0.39, 0.29) is 36.9 Å². The Morgan fingerprint density at radius 1 is 1.00 bits per heavy atom. The largest absolute Gasteiger partial charge is 0.492 e. The van der Waals surface area contributed by atoms with Crippen LogP contribution in [0.1, 0.15) is 42.6 Å². The number of nitrogens with one attached hydrogen (secondary N) is 1. The minimum absolute atomic E-state index is 0. The number of carbonyl (C=O) groups is 2. The fourth-order valence-electron chi connectivity index (χ4n) is 2.70. The maximum Gasteiger partial charge on any atom is 0.224 e. The number of ether oxygens (including phenoxy) is 1. The predicted molar refractivity (Wildman–Crippen MR) is 115 cm³/mol. The number of halogens is 1. The van der Waals surface area contributed by atoms with Crippen molar-refractivity contribution in [2.45, 2.75) is 33.1 Å². The molecule has 0 atom stereocenters. The van der Waals surface area contributed by atoms with Crippen LogP contribution in [0, 0.1) is 5.92 Å². The molecule has 0 radical (unpaired) electrons. The number of rotatable bonds is 10. The van der Waals surface area contributed by atoms with Gasteiger partial charge in [-0.05, 0) is 42.2 Å². The molecule has 0 saturated heterocycles. The van der Waals surface area contributed by atoms with E-state index in [9.17, 15) is 9.59 Å². The zero-order valence-corrected chi connectivity index (χ0v) is 17.3. The van der Waals surface area contributed by atoms with E-state index < -0.39 is 0 Å². The quantitative estimate of drug-likeness (QED) is 0.580. The highest BCUT2D eigenvalue weighted by Crippen LogP contribution is 2.16. The van der Waals surface area contributed by atoms with Gasteiger partial charge in [0, 0.05) is 30.6 Å². The van der Waals surface area contributed by atoms with E-state index >= 15 is 0 Å². The van der Waals surface area contributed by atoms with Gasteiger partial charge in [-0.1, -0.05) is 38.1 Å². The molecule has 152 valence electrons. The van der Waals surface area contributed by atoms with Crippen LogP contribution in [-0.4, -0.2) is 24.8 Å². The van der Waals surface area contributed by atoms with E-state index in [0.29, 0.717) is 36.1 Å². The van der Waals surface area contributed by atoms with Gasteiger partial charge in [-0.3, -0.25) is 9.59 Å². The van der Waals surface area contributed by atoms with Crippen LogP contribution in [-0.2, 0) is 11.2 Å². The Bertz CT molecular complexity index is 743. The lowest BCUT2D eigenvalue weighted by Gasteiger charge is -2.08. The lowest BCUT2D eigenvalue weighted by Crippen LogP contribution is -2.13. The fourth-order valence-corrected chi connectivity index (χ4v) is 2.70. The van der Waals surface area contributed by atoms with Crippen LogP contribution in [0.2, 0.25) is 0 Å². The number of amides is 1. The van der Waals surface area contributed by atoms with Crippen molar-refractivity contribution >= 4 is 29.8 Å². The van der Waals surface area contributed by atoms with Gasteiger partial charge < -0.3 is 15.8 Å². The molecule has 6 heteroatoms. The molecular formula is C22H29ClN2O3. The average Bonchev–Trinajstić information content (AvgIpc) is 2.65. The van der Waals surface area contributed by atoms with E-state index in [2.05, 4.69) is 19.2 Å². The summed E-state index contributed by atoms with van der Waals surface area (Å²) < 4.78 is 5.39. The first kappa shape index (κ1) is 23.7. The van der Waals surface area contributed by atoms with Gasteiger partial charge in [-0.2, -0.15) is 0 Å². The standard InChI is InChI=1S/C22H28N2O3.ClH/c1-16(2)15-17-3-5-18(6-4-17)21(25)11-12-22(26)24-19-7-9-20(10-8-19)27-14-13-23;/h3-10,16H,11-15,23H2,1-2H3,(H,24,26);1H. The van der Waals surface area contributed by atoms with Crippen LogP contribution >= 0.6 is 12.4 Å². The van der Waals surface area contributed by atoms with Gasteiger partial charge >= 0.3 is 0 Å². The molecule has 0 fully saturated rings. The Balaban J connectivity index is 0.00000392. The van der Waals surface area contributed by atoms with Gasteiger partial charge in [-0.25, -0.2) is 0 Å². The van der Waals surface area contributed by atoms with Gasteiger partial charge in [0.1, 0.15) is 12.4 Å². The van der Waals surface area contributed by atoms with Crippen LogP contribution in [0.15, 0.2) is 48.5 Å². The Hall–Kier alpha value is -2.37. The second-order valence-electron chi connectivity index (χ2n) is 6.93. The summed E-state index contributed by atoms with van der Waals surface area (Å²) in [5.41, 5.74) is 7.93. The Morgan fingerprint density at radius 2 is 1.64 bits per heavy atom. The first-order chi connectivity index (χ1) is 13.0. The molecule has 2 rings (SSSR count). The predicted octanol–water partition coefficient (Wildman–Crippen LogP) is 4.25. The minimum Gasteiger partial charge on any atom is -0.492 e. The average molecular weight is 405 g/mol. The normalized spacial score (nSPS) is 10.3. The summed E-state index contributed by atoms with van der Waals surface area (Å²) in [6.45, 7) is 5.23. The lowest BCUT2D eigenvalue weighted by atomic mass is 9.99. The molecule has 0 saturated carbocycles. The highest BCUT2D eigenvalue weighted by Gasteiger charge is 2.10. The zero-order chi connectivity index (χ0) is 19.6. The van der Waals surface area contributed by atoms with Crippen molar-refractivity contribution in [2.75, 3.05) is 18.5 Å². The number of hydrogen-bond donors (Lipinski definition) is 2. The number of carbonyl (C=O) groups excluding carboxylic acids is 2. The Kier molecular flexibility index (Phi) is 10.3. The third-order valence-corrected chi connectivity index (χ3v) is 4.02. The molecule has 0 aliphatic heterocycles. The number of anilines is 1. The SMILES string of the molecule is CC(C)Cc1ccc(C(=O)CCC(=O)Nc2ccc(OCCN)cc2)cc1.Cl. The summed E-state index contributed by atoms with van der Waals surface area (Å²) in [5.74, 6) is 1.08. The number of hydrogen-bond acceptors (Lipinski definition) is 4.